The van der Waals surface area contributed by atoms with Crippen molar-refractivity contribution in [3.05, 3.63) is 88.7 Å². The van der Waals surface area contributed by atoms with E-state index in [1.807, 2.05) is 24.3 Å². The molecular weight excluding hydrogens is 451 g/mol. The van der Waals surface area contributed by atoms with Gasteiger partial charge in [-0.25, -0.2) is 4.39 Å². The number of halogens is 2. The van der Waals surface area contributed by atoms with Crippen molar-refractivity contribution >= 4 is 29.1 Å². The molecule has 0 spiro atoms. The fourth-order valence-electron chi connectivity index (χ4n) is 3.35. The number of hydrogen-bond acceptors (Lipinski definition) is 7. The lowest BCUT2D eigenvalue weighted by molar-refractivity contribution is 0.225. The Morgan fingerprint density at radius 1 is 1.03 bits per heavy atom. The summed E-state index contributed by atoms with van der Waals surface area (Å²) in [6.07, 6.45) is -0.724. The molecule has 1 atom stereocenters. The van der Waals surface area contributed by atoms with E-state index in [9.17, 15) is 9.50 Å². The first-order valence-corrected chi connectivity index (χ1v) is 11.1. The van der Waals surface area contributed by atoms with Crippen LogP contribution in [0.2, 0.25) is 5.02 Å². The average Bonchev–Trinajstić information content (AvgIpc) is 2.97. The first kappa shape index (κ1) is 20.5. The summed E-state index contributed by atoms with van der Waals surface area (Å²) >= 11 is 7.60. The van der Waals surface area contributed by atoms with Crippen LogP contribution in [0.4, 0.5) is 10.1 Å². The second-order valence-electron chi connectivity index (χ2n) is 7.00. The lowest BCUT2D eigenvalue weighted by Crippen LogP contribution is -2.17. The molecule has 0 radical (unpaired) electrons. The number of aromatic hydroxyl groups is 1. The smallest absolute Gasteiger partial charge is 0.247 e. The molecule has 2 heterocycles. The van der Waals surface area contributed by atoms with E-state index in [4.69, 9.17) is 16.3 Å². The highest BCUT2D eigenvalue weighted by Gasteiger charge is 2.28. The van der Waals surface area contributed by atoms with Gasteiger partial charge in [-0.2, -0.15) is 4.98 Å². The van der Waals surface area contributed by atoms with Crippen LogP contribution in [0.15, 0.2) is 71.9 Å². The third kappa shape index (κ3) is 3.94. The lowest BCUT2D eigenvalue weighted by atomic mass is 10.1. The number of hydrogen-bond donors (Lipinski definition) is 2. The molecule has 5 rings (SSSR count). The first-order chi connectivity index (χ1) is 15.6. The van der Waals surface area contributed by atoms with Crippen molar-refractivity contribution in [3.63, 3.8) is 0 Å². The maximum Gasteiger partial charge on any atom is 0.247 e. The zero-order valence-corrected chi connectivity index (χ0v) is 18.1. The molecule has 0 amide bonds. The van der Waals surface area contributed by atoms with Crippen LogP contribution in [0.25, 0.3) is 11.3 Å². The van der Waals surface area contributed by atoms with Crippen molar-refractivity contribution in [2.24, 2.45) is 0 Å². The number of aromatic nitrogens is 3. The summed E-state index contributed by atoms with van der Waals surface area (Å²) < 4.78 is 20.1. The van der Waals surface area contributed by atoms with E-state index in [2.05, 4.69) is 20.5 Å². The van der Waals surface area contributed by atoms with Crippen LogP contribution in [-0.2, 0) is 5.75 Å². The first-order valence-electron chi connectivity index (χ1n) is 9.71. The number of nitrogens with zero attached hydrogens (tertiary/aromatic N) is 3. The van der Waals surface area contributed by atoms with Crippen molar-refractivity contribution in [2.75, 3.05) is 5.32 Å². The molecular formula is C23H16ClFN4O2S. The van der Waals surface area contributed by atoms with E-state index in [1.54, 1.807) is 30.3 Å². The summed E-state index contributed by atoms with van der Waals surface area (Å²) in [4.78, 5) is 4.54. The van der Waals surface area contributed by atoms with Gasteiger partial charge in [0.1, 0.15) is 11.6 Å². The Morgan fingerprint density at radius 2 is 1.84 bits per heavy atom. The van der Waals surface area contributed by atoms with Crippen molar-refractivity contribution < 1.29 is 14.2 Å². The molecule has 0 unspecified atom stereocenters. The molecule has 0 saturated carbocycles. The van der Waals surface area contributed by atoms with Gasteiger partial charge >= 0.3 is 0 Å². The van der Waals surface area contributed by atoms with Crippen molar-refractivity contribution in [1.82, 2.24) is 15.2 Å². The third-order valence-electron chi connectivity index (χ3n) is 4.94. The molecule has 6 nitrogen and oxygen atoms in total. The number of nitrogens with one attached hydrogen (secondary N) is 1. The number of phenols is 1. The van der Waals surface area contributed by atoms with E-state index in [-0.39, 0.29) is 22.5 Å². The highest BCUT2D eigenvalue weighted by atomic mass is 35.5. The summed E-state index contributed by atoms with van der Waals surface area (Å²) in [6, 6.07) is 19.1. The maximum absolute atomic E-state index is 14.0. The minimum Gasteiger partial charge on any atom is -0.506 e. The standard InChI is InChI=1S/C23H16ClFN4O2S/c24-19-15(8-5-11-18(19)30)21-26-17-10-4-2-7-14(17)20-22(31-21)27-23(29-28-20)32-12-13-6-1-3-9-16(13)25/h1-11,21,26,30H,12H2/t21-/m1/s1. The summed E-state index contributed by atoms with van der Waals surface area (Å²) in [6.45, 7) is 0. The Hall–Kier alpha value is -3.36. The van der Waals surface area contributed by atoms with Crippen LogP contribution in [0.1, 0.15) is 17.4 Å². The van der Waals surface area contributed by atoms with Gasteiger partial charge in [0.15, 0.2) is 11.9 Å². The molecule has 0 saturated heterocycles. The van der Waals surface area contributed by atoms with Gasteiger partial charge in [0.25, 0.3) is 0 Å². The van der Waals surface area contributed by atoms with E-state index < -0.39 is 6.23 Å². The number of anilines is 1. The van der Waals surface area contributed by atoms with Crippen LogP contribution in [0.5, 0.6) is 11.6 Å². The van der Waals surface area contributed by atoms with Crippen LogP contribution in [-0.4, -0.2) is 20.3 Å². The fourth-order valence-corrected chi connectivity index (χ4v) is 4.34. The van der Waals surface area contributed by atoms with E-state index >= 15 is 0 Å². The summed E-state index contributed by atoms with van der Waals surface area (Å²) in [7, 11) is 0. The second-order valence-corrected chi connectivity index (χ2v) is 8.32. The minimum absolute atomic E-state index is 0.0470. The van der Waals surface area contributed by atoms with Gasteiger partial charge < -0.3 is 15.2 Å². The molecule has 1 aliphatic rings. The Balaban J connectivity index is 1.52. The summed E-state index contributed by atoms with van der Waals surface area (Å²) in [5.74, 6) is 0.284. The minimum atomic E-state index is -0.724. The molecule has 0 fully saturated rings. The number of thioether (sulfide) groups is 1. The zero-order valence-electron chi connectivity index (χ0n) is 16.5. The fraction of sp³-hybridized carbons (Fsp3) is 0.0870. The zero-order chi connectivity index (χ0) is 22.1. The SMILES string of the molecule is Oc1cccc([C@@H]2Nc3ccccc3-c3nnc(SCc4ccccc4F)nc3O2)c1Cl. The maximum atomic E-state index is 14.0. The molecule has 0 aliphatic carbocycles. The number of fused-ring (bicyclic) bond motifs is 3. The highest BCUT2D eigenvalue weighted by Crippen LogP contribution is 2.42. The molecule has 0 bridgehead atoms. The van der Waals surface area contributed by atoms with Gasteiger partial charge in [-0.15, -0.1) is 10.2 Å². The predicted octanol–water partition coefficient (Wildman–Crippen LogP) is 5.83. The van der Waals surface area contributed by atoms with Crippen LogP contribution < -0.4 is 10.1 Å². The van der Waals surface area contributed by atoms with Gasteiger partial charge in [0.05, 0.1) is 5.02 Å². The predicted molar refractivity (Wildman–Crippen MR) is 121 cm³/mol. The summed E-state index contributed by atoms with van der Waals surface area (Å²) in [5, 5.41) is 22.4. The van der Waals surface area contributed by atoms with Crippen LogP contribution in [0, 0.1) is 5.82 Å². The van der Waals surface area contributed by atoms with Crippen LogP contribution in [0.3, 0.4) is 0 Å². The number of ether oxygens (including phenoxy) is 1. The largest absolute Gasteiger partial charge is 0.506 e. The van der Waals surface area contributed by atoms with Gasteiger partial charge in [-0.05, 0) is 23.8 Å². The highest BCUT2D eigenvalue weighted by molar-refractivity contribution is 7.98. The number of para-hydroxylation sites is 1. The van der Waals surface area contributed by atoms with Crippen LogP contribution >= 0.6 is 23.4 Å². The number of benzene rings is 3. The third-order valence-corrected chi connectivity index (χ3v) is 6.24. The van der Waals surface area contributed by atoms with Crippen molar-refractivity contribution in [2.45, 2.75) is 17.1 Å². The van der Waals surface area contributed by atoms with Gasteiger partial charge in [0, 0.05) is 22.6 Å². The molecule has 9 heteroatoms. The van der Waals surface area contributed by atoms with E-state index in [0.717, 1.165) is 11.3 Å². The van der Waals surface area contributed by atoms with E-state index in [0.29, 0.717) is 27.7 Å². The molecule has 4 aromatic rings. The Bertz CT molecular complexity index is 1310. The lowest BCUT2D eigenvalue weighted by Gasteiger charge is -2.20. The molecule has 3 aromatic carbocycles. The Kier molecular flexibility index (Phi) is 5.55. The quantitative estimate of drug-likeness (QED) is 0.366. The number of rotatable bonds is 4. The monoisotopic (exact) mass is 466 g/mol. The molecule has 2 N–H and O–H groups in total. The molecule has 1 aromatic heterocycles. The van der Waals surface area contributed by atoms with Gasteiger partial charge in [-0.3, -0.25) is 0 Å². The van der Waals surface area contributed by atoms with Crippen molar-refractivity contribution in [3.8, 4) is 22.9 Å². The van der Waals surface area contributed by atoms with Gasteiger partial charge in [-0.1, -0.05) is 71.9 Å². The molecule has 32 heavy (non-hydrogen) atoms. The van der Waals surface area contributed by atoms with Gasteiger partial charge in [0.2, 0.25) is 11.0 Å². The number of phenolic OH excluding ortho intramolecular Hbond substituents is 1. The van der Waals surface area contributed by atoms with Crippen molar-refractivity contribution in [1.29, 1.82) is 0 Å². The second kappa shape index (κ2) is 8.64. The molecule has 1 aliphatic heterocycles. The Morgan fingerprint density at radius 3 is 2.72 bits per heavy atom. The summed E-state index contributed by atoms with van der Waals surface area (Å²) in [5.41, 5.74) is 3.11. The topological polar surface area (TPSA) is 80.2 Å². The molecule has 160 valence electrons. The Labute approximate surface area is 192 Å². The van der Waals surface area contributed by atoms with E-state index in [1.165, 1.54) is 23.9 Å². The normalized spacial score (nSPS) is 14.5. The average molecular weight is 467 g/mol.